The Hall–Kier alpha value is -1.53. The minimum Gasteiger partial charge on any atom is -0.497 e. The SMILES string of the molecule is COc1ccc(Br)c(NCc2ccc(CC(=O)O)s2)c1. The van der Waals surface area contributed by atoms with Gasteiger partial charge in [0.2, 0.25) is 0 Å². The maximum atomic E-state index is 10.6. The third-order valence-corrected chi connectivity index (χ3v) is 4.45. The molecule has 0 radical (unpaired) electrons. The molecule has 1 heterocycles. The van der Waals surface area contributed by atoms with E-state index in [-0.39, 0.29) is 6.42 Å². The molecule has 0 saturated heterocycles. The summed E-state index contributed by atoms with van der Waals surface area (Å²) in [4.78, 5) is 12.6. The molecule has 4 nitrogen and oxygen atoms in total. The summed E-state index contributed by atoms with van der Waals surface area (Å²) < 4.78 is 6.15. The van der Waals surface area contributed by atoms with E-state index in [1.54, 1.807) is 7.11 Å². The first kappa shape index (κ1) is 14.9. The molecular formula is C14H14BrNO3S. The van der Waals surface area contributed by atoms with Crippen LogP contribution in [0.3, 0.4) is 0 Å². The first-order valence-electron chi connectivity index (χ1n) is 5.95. The van der Waals surface area contributed by atoms with Gasteiger partial charge in [0.25, 0.3) is 0 Å². The number of carboxylic acids is 1. The van der Waals surface area contributed by atoms with Crippen LogP contribution in [-0.4, -0.2) is 18.2 Å². The summed E-state index contributed by atoms with van der Waals surface area (Å²) in [6.07, 6.45) is 0.0769. The predicted octanol–water partition coefficient (Wildman–Crippen LogP) is 3.76. The Labute approximate surface area is 129 Å². The molecule has 20 heavy (non-hydrogen) atoms. The van der Waals surface area contributed by atoms with E-state index in [0.717, 1.165) is 25.7 Å². The molecule has 0 bridgehead atoms. The van der Waals surface area contributed by atoms with Gasteiger partial charge in [-0.25, -0.2) is 0 Å². The van der Waals surface area contributed by atoms with Crippen LogP contribution in [0.25, 0.3) is 0 Å². The lowest BCUT2D eigenvalue weighted by Crippen LogP contribution is -1.99. The number of hydrogen-bond acceptors (Lipinski definition) is 4. The molecule has 1 aromatic carbocycles. The van der Waals surface area contributed by atoms with Gasteiger partial charge in [0.05, 0.1) is 19.2 Å². The molecule has 106 valence electrons. The number of carbonyl (C=O) groups is 1. The summed E-state index contributed by atoms with van der Waals surface area (Å²) >= 11 is 4.99. The minimum atomic E-state index is -0.804. The zero-order valence-corrected chi connectivity index (χ0v) is 13.3. The number of thiophene rings is 1. The van der Waals surface area contributed by atoms with E-state index < -0.39 is 5.97 Å². The molecule has 0 fully saturated rings. The molecule has 6 heteroatoms. The van der Waals surface area contributed by atoms with E-state index in [1.807, 2.05) is 30.3 Å². The lowest BCUT2D eigenvalue weighted by atomic mass is 10.3. The number of hydrogen-bond donors (Lipinski definition) is 2. The van der Waals surface area contributed by atoms with Crippen molar-refractivity contribution in [1.29, 1.82) is 0 Å². The Morgan fingerprint density at radius 3 is 2.80 bits per heavy atom. The zero-order valence-electron chi connectivity index (χ0n) is 10.9. The second-order valence-electron chi connectivity index (χ2n) is 4.14. The van der Waals surface area contributed by atoms with Crippen molar-refractivity contribution in [3.8, 4) is 5.75 Å². The molecule has 0 atom stereocenters. The zero-order chi connectivity index (χ0) is 14.5. The van der Waals surface area contributed by atoms with Crippen molar-refractivity contribution in [1.82, 2.24) is 0 Å². The molecule has 0 aliphatic rings. The van der Waals surface area contributed by atoms with E-state index in [0.29, 0.717) is 6.54 Å². The summed E-state index contributed by atoms with van der Waals surface area (Å²) in [6.45, 7) is 0.649. The molecule has 0 unspecified atom stereocenters. The molecule has 2 aromatic rings. The highest BCUT2D eigenvalue weighted by Gasteiger charge is 2.06. The summed E-state index contributed by atoms with van der Waals surface area (Å²) in [5.41, 5.74) is 0.942. The fraction of sp³-hybridized carbons (Fsp3) is 0.214. The topological polar surface area (TPSA) is 58.6 Å². The van der Waals surface area contributed by atoms with E-state index in [9.17, 15) is 4.79 Å². The molecule has 0 aliphatic carbocycles. The predicted molar refractivity (Wildman–Crippen MR) is 83.7 cm³/mol. The van der Waals surface area contributed by atoms with Gasteiger partial charge in [-0.3, -0.25) is 4.79 Å². The van der Waals surface area contributed by atoms with Gasteiger partial charge in [-0.05, 0) is 40.2 Å². The maximum Gasteiger partial charge on any atom is 0.308 e. The third-order valence-electron chi connectivity index (χ3n) is 2.67. The summed E-state index contributed by atoms with van der Waals surface area (Å²) in [7, 11) is 1.63. The van der Waals surface area contributed by atoms with Crippen LogP contribution in [0, 0.1) is 0 Å². The average molecular weight is 356 g/mol. The van der Waals surface area contributed by atoms with Gasteiger partial charge < -0.3 is 15.2 Å². The van der Waals surface area contributed by atoms with E-state index in [2.05, 4.69) is 21.2 Å². The number of benzene rings is 1. The number of carboxylic acid groups (broad SMARTS) is 1. The largest absolute Gasteiger partial charge is 0.497 e. The fourth-order valence-electron chi connectivity index (χ4n) is 1.71. The Kier molecular flexibility index (Phi) is 5.03. The van der Waals surface area contributed by atoms with Crippen LogP contribution in [0.2, 0.25) is 0 Å². The van der Waals surface area contributed by atoms with Gasteiger partial charge in [-0.15, -0.1) is 11.3 Å². The fourth-order valence-corrected chi connectivity index (χ4v) is 3.05. The number of halogens is 1. The molecule has 2 N–H and O–H groups in total. The van der Waals surface area contributed by atoms with Crippen LogP contribution in [0.4, 0.5) is 5.69 Å². The Bertz CT molecular complexity index is 612. The quantitative estimate of drug-likeness (QED) is 0.828. The third kappa shape index (κ3) is 3.98. The normalized spacial score (nSPS) is 10.3. The van der Waals surface area contributed by atoms with Gasteiger partial charge in [0, 0.05) is 26.8 Å². The van der Waals surface area contributed by atoms with Gasteiger partial charge in [-0.2, -0.15) is 0 Å². The van der Waals surface area contributed by atoms with Crippen LogP contribution < -0.4 is 10.1 Å². The van der Waals surface area contributed by atoms with Gasteiger partial charge >= 0.3 is 5.97 Å². The summed E-state index contributed by atoms with van der Waals surface area (Å²) in [5.74, 6) is -0.0182. The lowest BCUT2D eigenvalue weighted by Gasteiger charge is -2.09. The van der Waals surface area contributed by atoms with E-state index in [1.165, 1.54) is 11.3 Å². The van der Waals surface area contributed by atoms with Crippen molar-refractivity contribution in [3.63, 3.8) is 0 Å². The molecule has 0 aliphatic heterocycles. The van der Waals surface area contributed by atoms with Crippen molar-refractivity contribution in [3.05, 3.63) is 44.6 Å². The van der Waals surface area contributed by atoms with E-state index in [4.69, 9.17) is 9.84 Å². The Morgan fingerprint density at radius 2 is 2.10 bits per heavy atom. The molecule has 0 spiro atoms. The first-order valence-corrected chi connectivity index (χ1v) is 7.56. The number of anilines is 1. The highest BCUT2D eigenvalue weighted by molar-refractivity contribution is 9.10. The smallest absolute Gasteiger partial charge is 0.308 e. The average Bonchev–Trinajstić information content (AvgIpc) is 2.84. The second-order valence-corrected chi connectivity index (χ2v) is 6.25. The lowest BCUT2D eigenvalue weighted by molar-refractivity contribution is -0.136. The number of nitrogens with one attached hydrogen (secondary N) is 1. The van der Waals surface area contributed by atoms with Crippen LogP contribution in [0.1, 0.15) is 9.75 Å². The van der Waals surface area contributed by atoms with Crippen LogP contribution in [0.15, 0.2) is 34.8 Å². The van der Waals surface area contributed by atoms with Crippen LogP contribution in [-0.2, 0) is 17.8 Å². The van der Waals surface area contributed by atoms with Crippen LogP contribution >= 0.6 is 27.3 Å². The minimum absolute atomic E-state index is 0.0769. The first-order chi connectivity index (χ1) is 9.58. The standard InChI is InChI=1S/C14H14BrNO3S/c1-19-9-2-5-12(15)13(6-9)16-8-11-4-3-10(20-11)7-14(17)18/h2-6,16H,7-8H2,1H3,(H,17,18). The van der Waals surface area contributed by atoms with Crippen molar-refractivity contribution >= 4 is 38.9 Å². The number of aliphatic carboxylic acids is 1. The number of methoxy groups -OCH3 is 1. The van der Waals surface area contributed by atoms with Crippen molar-refractivity contribution < 1.29 is 14.6 Å². The highest BCUT2D eigenvalue weighted by Crippen LogP contribution is 2.28. The Balaban J connectivity index is 2.01. The molecular weight excluding hydrogens is 342 g/mol. The molecule has 1 aromatic heterocycles. The van der Waals surface area contributed by atoms with Gasteiger partial charge in [-0.1, -0.05) is 0 Å². The van der Waals surface area contributed by atoms with Gasteiger partial charge in [0.1, 0.15) is 5.75 Å². The molecule has 2 rings (SSSR count). The van der Waals surface area contributed by atoms with Crippen molar-refractivity contribution in [2.24, 2.45) is 0 Å². The molecule has 0 saturated carbocycles. The monoisotopic (exact) mass is 355 g/mol. The number of rotatable bonds is 6. The van der Waals surface area contributed by atoms with Gasteiger partial charge in [0.15, 0.2) is 0 Å². The molecule has 0 amide bonds. The van der Waals surface area contributed by atoms with Crippen molar-refractivity contribution in [2.45, 2.75) is 13.0 Å². The maximum absolute atomic E-state index is 10.6. The Morgan fingerprint density at radius 1 is 1.35 bits per heavy atom. The summed E-state index contributed by atoms with van der Waals surface area (Å²) in [6, 6.07) is 9.52. The number of ether oxygens (including phenoxy) is 1. The van der Waals surface area contributed by atoms with E-state index >= 15 is 0 Å². The second kappa shape index (κ2) is 6.76. The van der Waals surface area contributed by atoms with Crippen LogP contribution in [0.5, 0.6) is 5.75 Å². The van der Waals surface area contributed by atoms with Crippen molar-refractivity contribution in [2.75, 3.05) is 12.4 Å². The highest BCUT2D eigenvalue weighted by atomic mass is 79.9. The summed E-state index contributed by atoms with van der Waals surface area (Å²) in [5, 5.41) is 12.1.